The van der Waals surface area contributed by atoms with Gasteiger partial charge in [0.05, 0.1) is 23.9 Å². The minimum Gasteiger partial charge on any atom is -0.333 e. The number of fused-ring (bicyclic) bond motifs is 1. The van der Waals surface area contributed by atoms with Crippen molar-refractivity contribution >= 4 is 28.3 Å². The maximum Gasteiger partial charge on any atom is 0.254 e. The molecule has 0 aliphatic carbocycles. The Labute approximate surface area is 137 Å². The van der Waals surface area contributed by atoms with Crippen LogP contribution in [0.15, 0.2) is 24.3 Å². The molecule has 0 spiro atoms. The normalized spacial score (nSPS) is 13.1. The van der Waals surface area contributed by atoms with Crippen molar-refractivity contribution in [2.45, 2.75) is 19.9 Å². The van der Waals surface area contributed by atoms with Crippen molar-refractivity contribution in [1.82, 2.24) is 9.88 Å². The van der Waals surface area contributed by atoms with E-state index in [1.807, 2.05) is 6.07 Å². The number of rotatable bonds is 2. The summed E-state index contributed by atoms with van der Waals surface area (Å²) in [5, 5.41) is 12.1. The lowest BCUT2D eigenvalue weighted by molar-refractivity contribution is -0.114. The van der Waals surface area contributed by atoms with E-state index in [4.69, 9.17) is 5.26 Å². The molecular weight excluding hydrogens is 312 g/mol. The van der Waals surface area contributed by atoms with E-state index in [1.54, 1.807) is 29.2 Å². The predicted octanol–water partition coefficient (Wildman–Crippen LogP) is 2.17. The maximum absolute atomic E-state index is 12.6. The van der Waals surface area contributed by atoms with Crippen LogP contribution in [0.25, 0.3) is 0 Å². The van der Waals surface area contributed by atoms with Crippen LogP contribution in [-0.2, 0) is 17.8 Å². The van der Waals surface area contributed by atoms with Gasteiger partial charge in [0, 0.05) is 30.3 Å². The summed E-state index contributed by atoms with van der Waals surface area (Å²) in [6.45, 7) is 2.53. The average molecular weight is 326 g/mol. The molecule has 7 heteroatoms. The molecule has 0 atom stereocenters. The molecule has 0 saturated carbocycles. The molecule has 1 aromatic heterocycles. The van der Waals surface area contributed by atoms with E-state index in [-0.39, 0.29) is 11.8 Å². The smallest absolute Gasteiger partial charge is 0.254 e. The fraction of sp³-hybridized carbons (Fsp3) is 0.250. The van der Waals surface area contributed by atoms with Gasteiger partial charge in [-0.2, -0.15) is 5.26 Å². The Morgan fingerprint density at radius 3 is 2.74 bits per heavy atom. The van der Waals surface area contributed by atoms with Crippen LogP contribution in [0.2, 0.25) is 0 Å². The Morgan fingerprint density at radius 2 is 2.09 bits per heavy atom. The van der Waals surface area contributed by atoms with Gasteiger partial charge in [0.1, 0.15) is 0 Å². The molecular formula is C16H14N4O2S. The van der Waals surface area contributed by atoms with Gasteiger partial charge >= 0.3 is 0 Å². The minimum atomic E-state index is -0.151. The lowest BCUT2D eigenvalue weighted by Crippen LogP contribution is -2.35. The average Bonchev–Trinajstić information content (AvgIpc) is 2.94. The van der Waals surface area contributed by atoms with Crippen molar-refractivity contribution in [3.63, 3.8) is 0 Å². The summed E-state index contributed by atoms with van der Waals surface area (Å²) in [6.07, 6.45) is 0.674. The number of carbonyl (C=O) groups excluding carboxylic acids is 2. The second-order valence-corrected chi connectivity index (χ2v) is 6.32. The summed E-state index contributed by atoms with van der Waals surface area (Å²) in [6, 6.07) is 8.67. The van der Waals surface area contributed by atoms with Gasteiger partial charge in [0.15, 0.2) is 5.13 Å². The lowest BCUT2D eigenvalue weighted by Gasteiger charge is -2.26. The number of carbonyl (C=O) groups is 2. The monoisotopic (exact) mass is 326 g/mol. The number of amides is 2. The van der Waals surface area contributed by atoms with E-state index >= 15 is 0 Å². The molecule has 0 bridgehead atoms. The lowest BCUT2D eigenvalue weighted by atomic mass is 10.1. The van der Waals surface area contributed by atoms with Crippen LogP contribution in [0.5, 0.6) is 0 Å². The zero-order valence-corrected chi connectivity index (χ0v) is 13.3. The number of benzene rings is 1. The molecule has 1 aliphatic heterocycles. The Balaban J connectivity index is 1.75. The molecule has 0 radical (unpaired) electrons. The van der Waals surface area contributed by atoms with Gasteiger partial charge in [0.2, 0.25) is 5.91 Å². The fourth-order valence-corrected chi connectivity index (χ4v) is 3.51. The molecule has 0 saturated heterocycles. The SMILES string of the molecule is CC(=O)Nc1nc2c(s1)CN(C(=O)c1ccc(C#N)cc1)CC2. The first-order valence-corrected chi connectivity index (χ1v) is 7.94. The predicted molar refractivity (Wildman–Crippen MR) is 86.0 cm³/mol. The highest BCUT2D eigenvalue weighted by Gasteiger charge is 2.25. The van der Waals surface area contributed by atoms with E-state index in [0.717, 1.165) is 10.6 Å². The van der Waals surface area contributed by atoms with Crippen molar-refractivity contribution in [2.24, 2.45) is 0 Å². The summed E-state index contributed by atoms with van der Waals surface area (Å²) in [5.41, 5.74) is 2.05. The summed E-state index contributed by atoms with van der Waals surface area (Å²) < 4.78 is 0. The second kappa shape index (κ2) is 6.18. The van der Waals surface area contributed by atoms with E-state index in [0.29, 0.717) is 35.8 Å². The summed E-state index contributed by atoms with van der Waals surface area (Å²) in [4.78, 5) is 30.8. The van der Waals surface area contributed by atoms with Crippen LogP contribution >= 0.6 is 11.3 Å². The van der Waals surface area contributed by atoms with Crippen LogP contribution in [-0.4, -0.2) is 28.2 Å². The molecule has 2 amide bonds. The van der Waals surface area contributed by atoms with Gasteiger partial charge in [-0.1, -0.05) is 11.3 Å². The van der Waals surface area contributed by atoms with Gasteiger partial charge in [-0.15, -0.1) is 0 Å². The van der Waals surface area contributed by atoms with Crippen molar-refractivity contribution < 1.29 is 9.59 Å². The molecule has 1 aromatic carbocycles. The first-order valence-electron chi connectivity index (χ1n) is 7.12. The summed E-state index contributed by atoms with van der Waals surface area (Å²) >= 11 is 1.41. The molecule has 2 aromatic rings. The zero-order valence-electron chi connectivity index (χ0n) is 12.5. The Kier molecular flexibility index (Phi) is 4.08. The highest BCUT2D eigenvalue weighted by atomic mass is 32.1. The molecule has 6 nitrogen and oxygen atoms in total. The number of nitrogens with one attached hydrogen (secondary N) is 1. The molecule has 0 fully saturated rings. The van der Waals surface area contributed by atoms with E-state index in [2.05, 4.69) is 10.3 Å². The van der Waals surface area contributed by atoms with Crippen molar-refractivity contribution in [2.75, 3.05) is 11.9 Å². The highest BCUT2D eigenvalue weighted by Crippen LogP contribution is 2.29. The Bertz CT molecular complexity index is 804. The molecule has 0 unspecified atom stereocenters. The van der Waals surface area contributed by atoms with Gasteiger partial charge in [0.25, 0.3) is 5.91 Å². The largest absolute Gasteiger partial charge is 0.333 e. The highest BCUT2D eigenvalue weighted by molar-refractivity contribution is 7.15. The number of anilines is 1. The van der Waals surface area contributed by atoms with Gasteiger partial charge in [-0.25, -0.2) is 4.98 Å². The topological polar surface area (TPSA) is 86.1 Å². The Hall–Kier alpha value is -2.72. The van der Waals surface area contributed by atoms with Crippen LogP contribution in [0.3, 0.4) is 0 Å². The van der Waals surface area contributed by atoms with Crippen LogP contribution in [0.1, 0.15) is 33.4 Å². The van der Waals surface area contributed by atoms with E-state index in [9.17, 15) is 9.59 Å². The number of hydrogen-bond acceptors (Lipinski definition) is 5. The number of hydrogen-bond donors (Lipinski definition) is 1. The third-order valence-electron chi connectivity index (χ3n) is 3.56. The summed E-state index contributed by atoms with van der Waals surface area (Å²) in [7, 11) is 0. The van der Waals surface area contributed by atoms with Gasteiger partial charge in [-0.05, 0) is 24.3 Å². The van der Waals surface area contributed by atoms with Gasteiger partial charge in [-0.3, -0.25) is 9.59 Å². The van der Waals surface area contributed by atoms with Crippen molar-refractivity contribution in [3.8, 4) is 6.07 Å². The zero-order chi connectivity index (χ0) is 16.4. The van der Waals surface area contributed by atoms with Crippen LogP contribution < -0.4 is 5.32 Å². The van der Waals surface area contributed by atoms with E-state index in [1.165, 1.54) is 18.3 Å². The minimum absolute atomic E-state index is 0.0605. The van der Waals surface area contributed by atoms with Crippen molar-refractivity contribution in [3.05, 3.63) is 46.0 Å². The van der Waals surface area contributed by atoms with Crippen LogP contribution in [0, 0.1) is 11.3 Å². The first kappa shape index (κ1) is 15.2. The number of aromatic nitrogens is 1. The first-order chi connectivity index (χ1) is 11.1. The molecule has 1 aliphatic rings. The number of nitriles is 1. The number of thiazole rings is 1. The van der Waals surface area contributed by atoms with Crippen molar-refractivity contribution in [1.29, 1.82) is 5.26 Å². The maximum atomic E-state index is 12.6. The quantitative estimate of drug-likeness (QED) is 0.916. The molecule has 1 N–H and O–H groups in total. The molecule has 116 valence electrons. The molecule has 23 heavy (non-hydrogen) atoms. The molecule has 2 heterocycles. The third kappa shape index (κ3) is 3.22. The second-order valence-electron chi connectivity index (χ2n) is 5.24. The third-order valence-corrected chi connectivity index (χ3v) is 4.56. The molecule has 3 rings (SSSR count). The number of nitrogens with zero attached hydrogens (tertiary/aromatic N) is 3. The standard InChI is InChI=1S/C16H14N4O2S/c1-10(21)18-16-19-13-6-7-20(9-14(13)23-16)15(22)12-4-2-11(8-17)3-5-12/h2-5H,6-7,9H2,1H3,(H,18,19,21). The Morgan fingerprint density at radius 1 is 1.35 bits per heavy atom. The van der Waals surface area contributed by atoms with E-state index < -0.39 is 0 Å². The summed E-state index contributed by atoms with van der Waals surface area (Å²) in [5.74, 6) is -0.212. The van der Waals surface area contributed by atoms with Gasteiger partial charge < -0.3 is 10.2 Å². The fourth-order valence-electron chi connectivity index (χ4n) is 2.44. The van der Waals surface area contributed by atoms with Crippen LogP contribution in [0.4, 0.5) is 5.13 Å².